The number of anilines is 1. The van der Waals surface area contributed by atoms with Crippen LogP contribution in [0.3, 0.4) is 0 Å². The number of hydrogen-bond acceptors (Lipinski definition) is 6. The molecular weight excluding hydrogens is 274 g/mol. The molecule has 0 saturated carbocycles. The number of carbonyl (C=O) groups excluding carboxylic acids is 1. The van der Waals surface area contributed by atoms with Crippen molar-refractivity contribution in [3.63, 3.8) is 0 Å². The highest BCUT2D eigenvalue weighted by Crippen LogP contribution is 2.31. The van der Waals surface area contributed by atoms with Gasteiger partial charge in [-0.25, -0.2) is 9.78 Å². The third-order valence-corrected chi connectivity index (χ3v) is 4.46. The monoisotopic (exact) mass is 291 g/mol. The van der Waals surface area contributed by atoms with Crippen LogP contribution in [-0.4, -0.2) is 36.7 Å². The highest BCUT2D eigenvalue weighted by atomic mass is 32.1. The molecule has 0 aliphatic carbocycles. The van der Waals surface area contributed by atoms with Crippen LogP contribution < -0.4 is 10.6 Å². The molecule has 106 valence electrons. The highest BCUT2D eigenvalue weighted by molar-refractivity contribution is 7.22. The molecule has 1 atom stereocenters. The normalized spacial score (nSPS) is 18.7. The Morgan fingerprint density at radius 2 is 2.45 bits per heavy atom. The lowest BCUT2D eigenvalue weighted by atomic mass is 10.2. The van der Waals surface area contributed by atoms with Gasteiger partial charge in [-0.15, -0.1) is 0 Å². The van der Waals surface area contributed by atoms with Crippen LogP contribution in [0.2, 0.25) is 0 Å². The van der Waals surface area contributed by atoms with E-state index in [1.807, 2.05) is 12.1 Å². The van der Waals surface area contributed by atoms with Crippen LogP contribution in [0.1, 0.15) is 23.7 Å². The predicted octanol–water partition coefficient (Wildman–Crippen LogP) is 2.01. The van der Waals surface area contributed by atoms with Crippen LogP contribution >= 0.6 is 11.3 Å². The van der Waals surface area contributed by atoms with E-state index in [-0.39, 0.29) is 12.0 Å². The van der Waals surface area contributed by atoms with E-state index in [1.54, 1.807) is 24.3 Å². The molecular formula is C14H17N3O2S. The standard InChI is InChI=1S/C14H17N3O2S/c1-2-19-13(18)9-3-4-11-12(7-9)20-14(16-11)17-6-5-10(15)8-17/h3-4,7,10H,2,5-6,8,15H2,1H3. The Bertz CT molecular complexity index is 640. The molecule has 1 saturated heterocycles. The summed E-state index contributed by atoms with van der Waals surface area (Å²) >= 11 is 1.60. The zero-order valence-corrected chi connectivity index (χ0v) is 12.2. The van der Waals surface area contributed by atoms with E-state index in [1.165, 1.54) is 0 Å². The lowest BCUT2D eigenvalue weighted by Gasteiger charge is -2.12. The summed E-state index contributed by atoms with van der Waals surface area (Å²) in [4.78, 5) is 18.5. The largest absolute Gasteiger partial charge is 0.462 e. The van der Waals surface area contributed by atoms with Crippen LogP contribution in [-0.2, 0) is 4.74 Å². The second-order valence-corrected chi connectivity index (χ2v) is 5.90. The zero-order chi connectivity index (χ0) is 14.1. The van der Waals surface area contributed by atoms with Gasteiger partial charge in [-0.2, -0.15) is 0 Å². The van der Waals surface area contributed by atoms with Crippen LogP contribution in [0, 0.1) is 0 Å². The Labute approximate surface area is 121 Å². The summed E-state index contributed by atoms with van der Waals surface area (Å²) in [5, 5.41) is 0.981. The Kier molecular flexibility index (Phi) is 3.58. The van der Waals surface area contributed by atoms with Gasteiger partial charge in [0.25, 0.3) is 0 Å². The Hall–Kier alpha value is -1.66. The Balaban J connectivity index is 1.89. The van der Waals surface area contributed by atoms with Crippen LogP contribution in [0.25, 0.3) is 10.2 Å². The lowest BCUT2D eigenvalue weighted by Crippen LogP contribution is -2.26. The van der Waals surface area contributed by atoms with Crippen LogP contribution in [0.4, 0.5) is 5.13 Å². The number of benzene rings is 1. The maximum absolute atomic E-state index is 11.7. The molecule has 2 heterocycles. The van der Waals surface area contributed by atoms with Gasteiger partial charge in [-0.3, -0.25) is 0 Å². The van der Waals surface area contributed by atoms with E-state index < -0.39 is 0 Å². The second kappa shape index (κ2) is 5.38. The molecule has 0 radical (unpaired) electrons. The first-order chi connectivity index (χ1) is 9.67. The number of fused-ring (bicyclic) bond motifs is 1. The fourth-order valence-corrected chi connectivity index (χ4v) is 3.39. The molecule has 1 aliphatic heterocycles. The molecule has 5 nitrogen and oxygen atoms in total. The van der Waals surface area contributed by atoms with Crippen molar-refractivity contribution in [2.24, 2.45) is 5.73 Å². The Morgan fingerprint density at radius 1 is 1.60 bits per heavy atom. The van der Waals surface area contributed by atoms with Gasteiger partial charge in [-0.1, -0.05) is 11.3 Å². The molecule has 3 rings (SSSR count). The first-order valence-corrected chi connectivity index (χ1v) is 7.57. The maximum atomic E-state index is 11.7. The predicted molar refractivity (Wildman–Crippen MR) is 80.4 cm³/mol. The summed E-state index contributed by atoms with van der Waals surface area (Å²) in [6, 6.07) is 5.72. The van der Waals surface area contributed by atoms with Gasteiger partial charge in [0.2, 0.25) is 0 Å². The summed E-state index contributed by atoms with van der Waals surface area (Å²) in [7, 11) is 0. The minimum absolute atomic E-state index is 0.233. The number of carbonyl (C=O) groups is 1. The molecule has 0 bridgehead atoms. The average molecular weight is 291 g/mol. The van der Waals surface area contributed by atoms with Crippen molar-refractivity contribution in [3.8, 4) is 0 Å². The van der Waals surface area contributed by atoms with Crippen LogP contribution in [0.15, 0.2) is 18.2 Å². The molecule has 1 unspecified atom stereocenters. The molecule has 1 aliphatic rings. The molecule has 2 aromatic rings. The number of aromatic nitrogens is 1. The number of thiazole rings is 1. The van der Waals surface area contributed by atoms with Gasteiger partial charge < -0.3 is 15.4 Å². The van der Waals surface area contributed by atoms with E-state index in [4.69, 9.17) is 10.5 Å². The number of nitrogens with zero attached hydrogens (tertiary/aromatic N) is 2. The molecule has 20 heavy (non-hydrogen) atoms. The van der Waals surface area contributed by atoms with Crippen molar-refractivity contribution >= 4 is 32.7 Å². The van der Waals surface area contributed by atoms with Crippen molar-refractivity contribution in [2.45, 2.75) is 19.4 Å². The van der Waals surface area contributed by atoms with Gasteiger partial charge >= 0.3 is 5.97 Å². The third-order valence-electron chi connectivity index (χ3n) is 3.38. The number of ether oxygens (including phenoxy) is 1. The van der Waals surface area contributed by atoms with E-state index in [2.05, 4.69) is 9.88 Å². The van der Waals surface area contributed by atoms with Gasteiger partial charge in [0.1, 0.15) is 0 Å². The molecule has 1 fully saturated rings. The zero-order valence-electron chi connectivity index (χ0n) is 11.3. The first-order valence-electron chi connectivity index (χ1n) is 6.75. The third kappa shape index (κ3) is 2.48. The molecule has 1 aromatic heterocycles. The van der Waals surface area contributed by atoms with Gasteiger partial charge in [-0.05, 0) is 31.5 Å². The number of rotatable bonds is 3. The van der Waals surface area contributed by atoms with Gasteiger partial charge in [0.15, 0.2) is 5.13 Å². The quantitative estimate of drug-likeness (QED) is 0.876. The minimum Gasteiger partial charge on any atom is -0.462 e. The fraction of sp³-hybridized carbons (Fsp3) is 0.429. The van der Waals surface area contributed by atoms with E-state index in [0.717, 1.165) is 34.9 Å². The van der Waals surface area contributed by atoms with E-state index >= 15 is 0 Å². The van der Waals surface area contributed by atoms with Crippen LogP contribution in [0.5, 0.6) is 0 Å². The SMILES string of the molecule is CCOC(=O)c1ccc2nc(N3CCC(N)C3)sc2c1. The summed E-state index contributed by atoms with van der Waals surface area (Å²) in [6.45, 7) is 3.99. The lowest BCUT2D eigenvalue weighted by molar-refractivity contribution is 0.0526. The number of esters is 1. The summed E-state index contributed by atoms with van der Waals surface area (Å²) in [5.74, 6) is -0.285. The van der Waals surface area contributed by atoms with Crippen molar-refractivity contribution in [3.05, 3.63) is 23.8 Å². The second-order valence-electron chi connectivity index (χ2n) is 4.89. The fourth-order valence-electron chi connectivity index (χ4n) is 2.35. The minimum atomic E-state index is -0.285. The summed E-state index contributed by atoms with van der Waals surface area (Å²) in [5.41, 5.74) is 7.42. The van der Waals surface area contributed by atoms with Gasteiger partial charge in [0, 0.05) is 19.1 Å². The highest BCUT2D eigenvalue weighted by Gasteiger charge is 2.22. The van der Waals surface area contributed by atoms with Crippen molar-refractivity contribution in [2.75, 3.05) is 24.6 Å². The van der Waals surface area contributed by atoms with Crippen molar-refractivity contribution in [1.82, 2.24) is 4.98 Å². The Morgan fingerprint density at radius 3 is 3.15 bits per heavy atom. The average Bonchev–Trinajstić information content (AvgIpc) is 3.03. The summed E-state index contributed by atoms with van der Waals surface area (Å²) in [6.07, 6.45) is 1.00. The molecule has 6 heteroatoms. The van der Waals surface area contributed by atoms with Crippen molar-refractivity contribution < 1.29 is 9.53 Å². The molecule has 0 amide bonds. The molecule has 0 spiro atoms. The topological polar surface area (TPSA) is 68.5 Å². The van der Waals surface area contributed by atoms with E-state index in [9.17, 15) is 4.79 Å². The van der Waals surface area contributed by atoms with Crippen molar-refractivity contribution in [1.29, 1.82) is 0 Å². The smallest absolute Gasteiger partial charge is 0.338 e. The number of hydrogen-bond donors (Lipinski definition) is 1. The first kappa shape index (κ1) is 13.3. The molecule has 1 aromatic carbocycles. The summed E-state index contributed by atoms with van der Waals surface area (Å²) < 4.78 is 6.02. The van der Waals surface area contributed by atoms with Gasteiger partial charge in [0.05, 0.1) is 22.4 Å². The molecule has 2 N–H and O–H groups in total. The van der Waals surface area contributed by atoms with E-state index in [0.29, 0.717) is 12.2 Å². The maximum Gasteiger partial charge on any atom is 0.338 e. The number of nitrogens with two attached hydrogens (primary N) is 1.